The van der Waals surface area contributed by atoms with E-state index in [9.17, 15) is 34.1 Å². The molecule has 4 N–H and O–H groups in total. The predicted octanol–water partition coefficient (Wildman–Crippen LogP) is 11.9. The van der Waals surface area contributed by atoms with Crippen molar-refractivity contribution in [3.05, 3.63) is 60.8 Å². The van der Waals surface area contributed by atoms with Gasteiger partial charge in [0.2, 0.25) is 5.91 Å². The number of aliphatic carboxylic acids is 1. The van der Waals surface area contributed by atoms with Crippen LogP contribution in [0.25, 0.3) is 0 Å². The number of allylic oxidation sites excluding steroid dienone is 10. The minimum absolute atomic E-state index is 0.0672. The fourth-order valence-corrected chi connectivity index (χ4v) is 6.72. The summed E-state index contributed by atoms with van der Waals surface area (Å²) in [5, 5.41) is 21.8. The molecule has 0 rings (SSSR count). The second kappa shape index (κ2) is 41.9. The standard InChI is InChI=1S/C47H82NO10P/c1-3-5-7-9-11-13-15-17-19-21-23-25-27-29-31-33-35-37-39-46(51)56-40-43(49)41-57-59(54,55)58-42-44(47(52)53)48-45(50)38-36-34-32-30-28-26-24-22-20-18-16-14-12-10-8-6-4-2/h12,14,18-21,24,26,30,32,43-44,49H,3-11,13,15-17,22-23,25,27-29,31,33-42H2,1-2H3,(H,48,50)(H,52,53)(H,54,55)/b14-12-,20-18-,21-19-,26-24-,32-30-. The van der Waals surface area contributed by atoms with Crippen LogP contribution in [-0.2, 0) is 32.7 Å². The molecule has 0 bridgehead atoms. The van der Waals surface area contributed by atoms with Gasteiger partial charge in [0.15, 0.2) is 6.04 Å². The van der Waals surface area contributed by atoms with Gasteiger partial charge in [-0.15, -0.1) is 0 Å². The van der Waals surface area contributed by atoms with Crippen LogP contribution in [0.15, 0.2) is 60.8 Å². The molecule has 0 radical (unpaired) electrons. The summed E-state index contributed by atoms with van der Waals surface area (Å²) < 4.78 is 26.8. The number of aliphatic hydroxyl groups is 1. The molecule has 0 saturated carbocycles. The summed E-state index contributed by atoms with van der Waals surface area (Å²) in [7, 11) is -4.78. The average Bonchev–Trinajstić information content (AvgIpc) is 3.21. The van der Waals surface area contributed by atoms with E-state index in [1.165, 1.54) is 89.9 Å². The van der Waals surface area contributed by atoms with Crippen molar-refractivity contribution < 1.29 is 47.8 Å². The maximum absolute atomic E-state index is 12.3. The Balaban J connectivity index is 3.97. The Morgan fingerprint density at radius 3 is 1.47 bits per heavy atom. The van der Waals surface area contributed by atoms with Gasteiger partial charge in [0, 0.05) is 12.8 Å². The largest absolute Gasteiger partial charge is 0.480 e. The van der Waals surface area contributed by atoms with Crippen molar-refractivity contribution in [3.8, 4) is 0 Å². The molecule has 0 aromatic heterocycles. The van der Waals surface area contributed by atoms with Gasteiger partial charge in [0.1, 0.15) is 12.7 Å². The Labute approximate surface area is 357 Å². The Morgan fingerprint density at radius 2 is 0.949 bits per heavy atom. The molecular weight excluding hydrogens is 769 g/mol. The van der Waals surface area contributed by atoms with Crippen LogP contribution in [0, 0.1) is 0 Å². The van der Waals surface area contributed by atoms with Gasteiger partial charge in [0.05, 0.1) is 13.2 Å². The van der Waals surface area contributed by atoms with Crippen molar-refractivity contribution in [2.75, 3.05) is 19.8 Å². The molecular formula is C47H82NO10P. The second-order valence-corrected chi connectivity index (χ2v) is 16.7. The molecule has 0 aromatic carbocycles. The van der Waals surface area contributed by atoms with Crippen molar-refractivity contribution in [3.63, 3.8) is 0 Å². The van der Waals surface area contributed by atoms with E-state index in [0.29, 0.717) is 19.3 Å². The lowest BCUT2D eigenvalue weighted by molar-refractivity contribution is -0.147. The molecule has 0 saturated heterocycles. The van der Waals surface area contributed by atoms with Crippen molar-refractivity contribution in [1.29, 1.82) is 0 Å². The molecule has 3 atom stereocenters. The molecule has 0 aliphatic carbocycles. The first-order valence-corrected chi connectivity index (χ1v) is 24.3. The Kier molecular flexibility index (Phi) is 39.9. The van der Waals surface area contributed by atoms with Gasteiger partial charge >= 0.3 is 19.8 Å². The van der Waals surface area contributed by atoms with Crippen molar-refractivity contribution >= 4 is 25.7 Å². The van der Waals surface area contributed by atoms with E-state index in [4.69, 9.17) is 13.8 Å². The number of ether oxygens (including phenoxy) is 1. The number of amides is 1. The highest BCUT2D eigenvalue weighted by atomic mass is 31.2. The van der Waals surface area contributed by atoms with Gasteiger partial charge < -0.3 is 25.2 Å². The molecule has 0 fully saturated rings. The van der Waals surface area contributed by atoms with E-state index < -0.39 is 57.6 Å². The maximum atomic E-state index is 12.3. The van der Waals surface area contributed by atoms with Gasteiger partial charge in [-0.2, -0.15) is 0 Å². The van der Waals surface area contributed by atoms with Crippen molar-refractivity contribution in [1.82, 2.24) is 5.32 Å². The summed E-state index contributed by atoms with van der Waals surface area (Å²) in [6.45, 7) is 2.52. The first kappa shape index (κ1) is 56.2. The SMILES string of the molecule is CCCCC/C=C\C/C=C\C/C=C\C/C=C\CCCC(=O)NC(COP(=O)(O)OCC(O)COC(=O)CCCCCCCCC/C=C\CCCCCCCCC)C(=O)O. The molecule has 340 valence electrons. The fourth-order valence-electron chi connectivity index (χ4n) is 5.95. The molecule has 0 aromatic rings. The number of aliphatic hydroxyl groups excluding tert-OH is 1. The highest BCUT2D eigenvalue weighted by Gasteiger charge is 2.28. The summed E-state index contributed by atoms with van der Waals surface area (Å²) in [6.07, 6.45) is 48.2. The number of hydrogen-bond acceptors (Lipinski definition) is 8. The number of carboxylic acid groups (broad SMARTS) is 1. The van der Waals surface area contributed by atoms with Crippen LogP contribution in [0.5, 0.6) is 0 Å². The average molecular weight is 852 g/mol. The Hall–Kier alpha value is -2.82. The number of carboxylic acids is 1. The number of carbonyl (C=O) groups excluding carboxylic acids is 2. The number of nitrogens with one attached hydrogen (secondary N) is 1. The second-order valence-electron chi connectivity index (χ2n) is 15.2. The molecule has 11 nitrogen and oxygen atoms in total. The third kappa shape index (κ3) is 41.7. The van der Waals surface area contributed by atoms with Crippen LogP contribution in [0.2, 0.25) is 0 Å². The van der Waals surface area contributed by atoms with Crippen LogP contribution >= 0.6 is 7.82 Å². The van der Waals surface area contributed by atoms with Gasteiger partial charge in [-0.3, -0.25) is 18.6 Å². The van der Waals surface area contributed by atoms with E-state index in [2.05, 4.69) is 67.8 Å². The maximum Gasteiger partial charge on any atom is 0.472 e. The van der Waals surface area contributed by atoms with Gasteiger partial charge in [0.25, 0.3) is 0 Å². The van der Waals surface area contributed by atoms with E-state index in [0.717, 1.165) is 51.4 Å². The van der Waals surface area contributed by atoms with E-state index >= 15 is 0 Å². The molecule has 0 aliphatic rings. The molecule has 0 spiro atoms. The zero-order chi connectivity index (χ0) is 43.5. The zero-order valence-corrected chi connectivity index (χ0v) is 37.7. The van der Waals surface area contributed by atoms with Gasteiger partial charge in [-0.25, -0.2) is 9.36 Å². The molecule has 12 heteroatoms. The highest BCUT2D eigenvalue weighted by molar-refractivity contribution is 7.47. The molecule has 0 heterocycles. The van der Waals surface area contributed by atoms with Crippen LogP contribution in [-0.4, -0.2) is 64.9 Å². The number of rotatable bonds is 42. The fraction of sp³-hybridized carbons (Fsp3) is 0.723. The third-order valence-corrected chi connectivity index (χ3v) is 10.5. The lowest BCUT2D eigenvalue weighted by Crippen LogP contribution is -2.43. The minimum Gasteiger partial charge on any atom is -0.480 e. The smallest absolute Gasteiger partial charge is 0.472 e. The third-order valence-electron chi connectivity index (χ3n) is 9.53. The predicted molar refractivity (Wildman–Crippen MR) is 240 cm³/mol. The van der Waals surface area contributed by atoms with Crippen LogP contribution in [0.4, 0.5) is 0 Å². The van der Waals surface area contributed by atoms with Crippen LogP contribution < -0.4 is 5.32 Å². The first-order chi connectivity index (χ1) is 28.6. The first-order valence-electron chi connectivity index (χ1n) is 22.8. The normalized spacial score (nSPS) is 14.2. The number of phosphoric acid groups is 1. The van der Waals surface area contributed by atoms with Crippen molar-refractivity contribution in [2.24, 2.45) is 0 Å². The number of carbonyl (C=O) groups is 3. The highest BCUT2D eigenvalue weighted by Crippen LogP contribution is 2.43. The molecule has 3 unspecified atom stereocenters. The summed E-state index contributed by atoms with van der Waals surface area (Å²) in [5.74, 6) is -2.46. The van der Waals surface area contributed by atoms with E-state index in [-0.39, 0.29) is 12.8 Å². The number of esters is 1. The Morgan fingerprint density at radius 1 is 0.542 bits per heavy atom. The Bertz CT molecular complexity index is 1230. The minimum atomic E-state index is -4.78. The lowest BCUT2D eigenvalue weighted by atomic mass is 10.1. The topological polar surface area (TPSA) is 169 Å². The van der Waals surface area contributed by atoms with Crippen LogP contribution in [0.1, 0.15) is 187 Å². The number of unbranched alkanes of at least 4 members (excludes halogenated alkanes) is 18. The zero-order valence-electron chi connectivity index (χ0n) is 36.8. The molecule has 59 heavy (non-hydrogen) atoms. The summed E-state index contributed by atoms with van der Waals surface area (Å²) >= 11 is 0. The van der Waals surface area contributed by atoms with Gasteiger partial charge in [-0.05, 0) is 77.0 Å². The monoisotopic (exact) mass is 852 g/mol. The summed E-state index contributed by atoms with van der Waals surface area (Å²) in [4.78, 5) is 45.9. The van der Waals surface area contributed by atoms with E-state index in [1.807, 2.05) is 12.2 Å². The molecule has 1 amide bonds. The van der Waals surface area contributed by atoms with Crippen LogP contribution in [0.3, 0.4) is 0 Å². The van der Waals surface area contributed by atoms with E-state index in [1.54, 1.807) is 0 Å². The van der Waals surface area contributed by atoms with Gasteiger partial charge in [-0.1, -0.05) is 158 Å². The van der Waals surface area contributed by atoms with Crippen molar-refractivity contribution in [2.45, 2.75) is 199 Å². The molecule has 0 aliphatic heterocycles. The number of hydrogen-bond donors (Lipinski definition) is 4. The summed E-state index contributed by atoms with van der Waals surface area (Å²) in [6, 6.07) is -1.58. The summed E-state index contributed by atoms with van der Waals surface area (Å²) in [5.41, 5.74) is 0. The lowest BCUT2D eigenvalue weighted by Gasteiger charge is -2.18. The number of phosphoric ester groups is 1. The quantitative estimate of drug-likeness (QED) is 0.0201.